The van der Waals surface area contributed by atoms with Gasteiger partial charge >= 0.3 is 0 Å². The van der Waals surface area contributed by atoms with Crippen molar-refractivity contribution < 1.29 is 14.2 Å². The van der Waals surface area contributed by atoms with Crippen LogP contribution in [0.2, 0.25) is 0 Å². The largest absolute Gasteiger partial charge is 0.501 e. The molecule has 0 aliphatic carbocycles. The number of aryl methyl sites for hydroxylation is 1. The first kappa shape index (κ1) is 16.4. The highest BCUT2D eigenvalue weighted by Gasteiger charge is 2.04. The zero-order chi connectivity index (χ0) is 16.7. The molecule has 0 bridgehead atoms. The molecule has 0 heterocycles. The molecule has 0 radical (unpaired) electrons. The number of rotatable bonds is 6. The Morgan fingerprint density at radius 1 is 1.17 bits per heavy atom. The fourth-order valence-electron chi connectivity index (χ4n) is 2.00. The Morgan fingerprint density at radius 3 is 2.57 bits per heavy atom. The normalized spacial score (nSPS) is 10.8. The third-order valence-electron chi connectivity index (χ3n) is 3.20. The summed E-state index contributed by atoms with van der Waals surface area (Å²) in [5.41, 5.74) is 2.65. The van der Waals surface area contributed by atoms with Gasteiger partial charge in [-0.2, -0.15) is 5.26 Å². The Hall–Kier alpha value is -2.93. The van der Waals surface area contributed by atoms with E-state index < -0.39 is 0 Å². The van der Waals surface area contributed by atoms with Gasteiger partial charge in [-0.1, -0.05) is 12.1 Å². The zero-order valence-electron chi connectivity index (χ0n) is 13.5. The van der Waals surface area contributed by atoms with Gasteiger partial charge in [0.15, 0.2) is 0 Å². The van der Waals surface area contributed by atoms with Gasteiger partial charge in [-0.25, -0.2) is 0 Å². The second-order valence-electron chi connectivity index (χ2n) is 5.09. The molecule has 0 amide bonds. The predicted octanol–water partition coefficient (Wildman–Crippen LogP) is 4.33. The average Bonchev–Trinajstić information content (AvgIpc) is 2.56. The number of methoxy groups -OCH3 is 1. The van der Waals surface area contributed by atoms with Crippen molar-refractivity contribution in [2.75, 3.05) is 7.11 Å². The molecule has 2 aromatic carbocycles. The van der Waals surface area contributed by atoms with Crippen LogP contribution in [0.1, 0.15) is 23.6 Å². The standard InChI is InChI=1S/C19H19NO3/c1-14-4-5-17(10-19(14)23-15(2)12-21-3)13-22-18-8-6-16(11-20)7-9-18/h4-10,12H,13H2,1-3H3/b15-12-. The van der Waals surface area contributed by atoms with Crippen LogP contribution in [-0.2, 0) is 11.3 Å². The number of nitriles is 1. The molecule has 0 saturated carbocycles. The molecule has 0 aliphatic heterocycles. The van der Waals surface area contributed by atoms with Crippen LogP contribution in [0, 0.1) is 18.3 Å². The lowest BCUT2D eigenvalue weighted by molar-refractivity contribution is 0.299. The molecule has 0 saturated heterocycles. The van der Waals surface area contributed by atoms with Crippen molar-refractivity contribution in [3.8, 4) is 17.6 Å². The monoisotopic (exact) mass is 309 g/mol. The highest BCUT2D eigenvalue weighted by atomic mass is 16.5. The number of hydrogen-bond donors (Lipinski definition) is 0. The summed E-state index contributed by atoms with van der Waals surface area (Å²) in [7, 11) is 1.58. The van der Waals surface area contributed by atoms with Crippen molar-refractivity contribution in [3.05, 3.63) is 71.2 Å². The number of benzene rings is 2. The van der Waals surface area contributed by atoms with Crippen LogP contribution in [0.3, 0.4) is 0 Å². The van der Waals surface area contributed by atoms with Gasteiger partial charge in [-0.15, -0.1) is 0 Å². The van der Waals surface area contributed by atoms with Crippen LogP contribution >= 0.6 is 0 Å². The van der Waals surface area contributed by atoms with Crippen LogP contribution < -0.4 is 9.47 Å². The van der Waals surface area contributed by atoms with E-state index >= 15 is 0 Å². The summed E-state index contributed by atoms with van der Waals surface area (Å²) in [5, 5.41) is 8.78. The molecule has 0 N–H and O–H groups in total. The summed E-state index contributed by atoms with van der Waals surface area (Å²) >= 11 is 0. The lowest BCUT2D eigenvalue weighted by Gasteiger charge is -2.12. The minimum Gasteiger partial charge on any atom is -0.501 e. The van der Waals surface area contributed by atoms with Gasteiger partial charge in [0.05, 0.1) is 18.7 Å². The van der Waals surface area contributed by atoms with Gasteiger partial charge in [0.2, 0.25) is 0 Å². The molecule has 2 rings (SSSR count). The van der Waals surface area contributed by atoms with Crippen LogP contribution in [0.5, 0.6) is 11.5 Å². The average molecular weight is 309 g/mol. The molecule has 0 unspecified atom stereocenters. The maximum atomic E-state index is 8.78. The van der Waals surface area contributed by atoms with E-state index in [1.54, 1.807) is 37.6 Å². The molecule has 4 heteroatoms. The van der Waals surface area contributed by atoms with Gasteiger partial charge in [-0.05, 0) is 55.3 Å². The molecule has 23 heavy (non-hydrogen) atoms. The van der Waals surface area contributed by atoms with E-state index in [4.69, 9.17) is 19.5 Å². The lowest BCUT2D eigenvalue weighted by Crippen LogP contribution is -1.99. The zero-order valence-corrected chi connectivity index (χ0v) is 13.5. The molecule has 118 valence electrons. The van der Waals surface area contributed by atoms with Crippen molar-refractivity contribution in [2.24, 2.45) is 0 Å². The summed E-state index contributed by atoms with van der Waals surface area (Å²) in [5.74, 6) is 2.18. The molecule has 0 aliphatic rings. The highest BCUT2D eigenvalue weighted by Crippen LogP contribution is 2.23. The van der Waals surface area contributed by atoms with E-state index in [1.807, 2.05) is 32.0 Å². The van der Waals surface area contributed by atoms with Gasteiger partial charge in [0.25, 0.3) is 0 Å². The van der Waals surface area contributed by atoms with Crippen molar-refractivity contribution in [2.45, 2.75) is 20.5 Å². The van der Waals surface area contributed by atoms with Crippen LogP contribution in [0.4, 0.5) is 0 Å². The minimum absolute atomic E-state index is 0.426. The number of hydrogen-bond acceptors (Lipinski definition) is 4. The first-order chi connectivity index (χ1) is 11.1. The Kier molecular flexibility index (Phi) is 5.65. The summed E-state index contributed by atoms with van der Waals surface area (Å²) in [4.78, 5) is 0. The van der Waals surface area contributed by atoms with Crippen LogP contribution in [0.15, 0.2) is 54.5 Å². The van der Waals surface area contributed by atoms with Crippen molar-refractivity contribution >= 4 is 0 Å². The quantitative estimate of drug-likeness (QED) is 0.745. The maximum absolute atomic E-state index is 8.78. The highest BCUT2D eigenvalue weighted by molar-refractivity contribution is 5.38. The van der Waals surface area contributed by atoms with Crippen LogP contribution in [-0.4, -0.2) is 7.11 Å². The van der Waals surface area contributed by atoms with Crippen molar-refractivity contribution in [1.82, 2.24) is 0 Å². The second kappa shape index (κ2) is 7.90. The summed E-state index contributed by atoms with van der Waals surface area (Å²) in [6.45, 7) is 4.25. The van der Waals surface area contributed by atoms with E-state index in [2.05, 4.69) is 6.07 Å². The summed E-state index contributed by atoms with van der Waals surface area (Å²) < 4.78 is 16.4. The van der Waals surface area contributed by atoms with E-state index in [0.717, 1.165) is 22.6 Å². The number of ether oxygens (including phenoxy) is 3. The van der Waals surface area contributed by atoms with Crippen molar-refractivity contribution in [1.29, 1.82) is 5.26 Å². The lowest BCUT2D eigenvalue weighted by atomic mass is 10.1. The Balaban J connectivity index is 2.05. The van der Waals surface area contributed by atoms with Crippen LogP contribution in [0.25, 0.3) is 0 Å². The predicted molar refractivity (Wildman–Crippen MR) is 88.1 cm³/mol. The first-order valence-electron chi connectivity index (χ1n) is 7.22. The molecular formula is C19H19NO3. The topological polar surface area (TPSA) is 51.5 Å². The number of allylic oxidation sites excluding steroid dienone is 1. The molecular weight excluding hydrogens is 290 g/mol. The maximum Gasteiger partial charge on any atom is 0.135 e. The molecule has 0 aromatic heterocycles. The fourth-order valence-corrected chi connectivity index (χ4v) is 2.00. The summed E-state index contributed by atoms with van der Waals surface area (Å²) in [6, 6.07) is 15.1. The number of nitrogens with zero attached hydrogens (tertiary/aromatic N) is 1. The first-order valence-corrected chi connectivity index (χ1v) is 7.22. The molecule has 4 nitrogen and oxygen atoms in total. The minimum atomic E-state index is 0.426. The third kappa shape index (κ3) is 4.79. The molecule has 0 spiro atoms. The van der Waals surface area contributed by atoms with E-state index in [0.29, 0.717) is 17.9 Å². The summed E-state index contributed by atoms with van der Waals surface area (Å²) in [6.07, 6.45) is 1.55. The fraction of sp³-hybridized carbons (Fsp3) is 0.211. The second-order valence-corrected chi connectivity index (χ2v) is 5.09. The smallest absolute Gasteiger partial charge is 0.135 e. The van der Waals surface area contributed by atoms with Gasteiger partial charge < -0.3 is 14.2 Å². The molecule has 0 atom stereocenters. The van der Waals surface area contributed by atoms with E-state index in [-0.39, 0.29) is 0 Å². The third-order valence-corrected chi connectivity index (χ3v) is 3.20. The Labute approximate surface area is 136 Å². The molecule has 0 fully saturated rings. The van der Waals surface area contributed by atoms with Gasteiger partial charge in [-0.3, -0.25) is 0 Å². The molecule has 2 aromatic rings. The van der Waals surface area contributed by atoms with Gasteiger partial charge in [0.1, 0.15) is 30.1 Å². The Morgan fingerprint density at radius 2 is 1.91 bits per heavy atom. The van der Waals surface area contributed by atoms with E-state index in [9.17, 15) is 0 Å². The van der Waals surface area contributed by atoms with Gasteiger partial charge in [0, 0.05) is 0 Å². The SMILES string of the molecule is CO/C=C(/C)Oc1cc(COc2ccc(C#N)cc2)ccc1C. The Bertz CT molecular complexity index is 727. The van der Waals surface area contributed by atoms with E-state index in [1.165, 1.54) is 0 Å². The van der Waals surface area contributed by atoms with Crippen molar-refractivity contribution in [3.63, 3.8) is 0 Å².